The van der Waals surface area contributed by atoms with Gasteiger partial charge in [-0.25, -0.2) is 0 Å². The number of hydrogen-bond donors (Lipinski definition) is 1. The molecule has 138 valence electrons. The minimum Gasteiger partial charge on any atom is -0.396 e. The third kappa shape index (κ3) is 4.62. The highest BCUT2D eigenvalue weighted by atomic mass is 16.5. The Balaban J connectivity index is 1.46. The van der Waals surface area contributed by atoms with Gasteiger partial charge in [-0.15, -0.1) is 0 Å². The minimum absolute atomic E-state index is 0.178. The number of aliphatic hydroxyl groups excluding tert-OH is 1. The Hall–Kier alpha value is -1.39. The highest BCUT2D eigenvalue weighted by Crippen LogP contribution is 2.48. The number of likely N-dealkylation sites (tertiary alicyclic amines) is 1. The third-order valence-corrected chi connectivity index (χ3v) is 5.55. The quantitative estimate of drug-likeness (QED) is 0.772. The fourth-order valence-corrected chi connectivity index (χ4v) is 3.76. The van der Waals surface area contributed by atoms with Gasteiger partial charge in [-0.3, -0.25) is 4.79 Å². The molecule has 1 saturated heterocycles. The molecule has 2 unspecified atom stereocenters. The molecule has 3 rings (SSSR count). The summed E-state index contributed by atoms with van der Waals surface area (Å²) in [4.78, 5) is 14.8. The zero-order chi connectivity index (χ0) is 17.8. The normalized spacial score (nSPS) is 23.9. The number of rotatable bonds is 7. The average Bonchev–Trinajstić information content (AvgIpc) is 3.43. The number of ether oxygens (including phenoxy) is 1. The molecule has 0 bridgehead atoms. The molecule has 0 aromatic heterocycles. The lowest BCUT2D eigenvalue weighted by molar-refractivity contribution is -0.135. The van der Waals surface area contributed by atoms with Gasteiger partial charge in [0.05, 0.1) is 6.10 Å². The Morgan fingerprint density at radius 3 is 2.52 bits per heavy atom. The monoisotopic (exact) mass is 345 g/mol. The van der Waals surface area contributed by atoms with Gasteiger partial charge in [-0.1, -0.05) is 38.1 Å². The maximum absolute atomic E-state index is 12.7. The summed E-state index contributed by atoms with van der Waals surface area (Å²) < 4.78 is 5.75. The largest absolute Gasteiger partial charge is 0.396 e. The molecule has 1 heterocycles. The third-order valence-electron chi connectivity index (χ3n) is 5.55. The van der Waals surface area contributed by atoms with Crippen molar-refractivity contribution in [2.24, 2.45) is 5.92 Å². The van der Waals surface area contributed by atoms with Crippen molar-refractivity contribution in [2.45, 2.75) is 57.5 Å². The van der Waals surface area contributed by atoms with Crippen LogP contribution in [-0.2, 0) is 9.53 Å². The molecular formula is C21H31NO3. The number of nitrogens with zero attached hydrogens (tertiary/aromatic N) is 1. The van der Waals surface area contributed by atoms with Crippen LogP contribution in [0.25, 0.3) is 0 Å². The van der Waals surface area contributed by atoms with Crippen LogP contribution in [0, 0.1) is 5.92 Å². The van der Waals surface area contributed by atoms with E-state index in [0.29, 0.717) is 30.8 Å². The summed E-state index contributed by atoms with van der Waals surface area (Å²) >= 11 is 0. The fraction of sp³-hybridized carbons (Fsp3) is 0.667. The van der Waals surface area contributed by atoms with E-state index >= 15 is 0 Å². The zero-order valence-electron chi connectivity index (χ0n) is 15.5. The van der Waals surface area contributed by atoms with E-state index < -0.39 is 0 Å². The van der Waals surface area contributed by atoms with E-state index in [1.807, 2.05) is 4.90 Å². The van der Waals surface area contributed by atoms with E-state index in [1.54, 1.807) is 0 Å². The first-order chi connectivity index (χ1) is 12.1. The van der Waals surface area contributed by atoms with Gasteiger partial charge in [0.1, 0.15) is 0 Å². The van der Waals surface area contributed by atoms with Crippen LogP contribution in [0.5, 0.6) is 0 Å². The number of carbonyl (C=O) groups is 1. The van der Waals surface area contributed by atoms with Crippen molar-refractivity contribution in [1.29, 1.82) is 0 Å². The van der Waals surface area contributed by atoms with Crippen molar-refractivity contribution in [3.05, 3.63) is 35.4 Å². The summed E-state index contributed by atoms with van der Waals surface area (Å²) in [5.74, 6) is 1.46. The second-order valence-corrected chi connectivity index (χ2v) is 7.74. The highest BCUT2D eigenvalue weighted by Gasteiger charge is 2.46. The SMILES string of the molecule is CC(C)c1ccc(C2CC2C(=O)N2CCC(OCCCO)CC2)cc1. The summed E-state index contributed by atoms with van der Waals surface area (Å²) in [5.41, 5.74) is 2.67. The molecule has 2 fully saturated rings. The summed E-state index contributed by atoms with van der Waals surface area (Å²) in [6.07, 6.45) is 3.76. The lowest BCUT2D eigenvalue weighted by atomic mass is 9.99. The van der Waals surface area contributed by atoms with E-state index in [2.05, 4.69) is 38.1 Å². The molecular weight excluding hydrogens is 314 g/mol. The number of benzene rings is 1. The molecule has 4 nitrogen and oxygen atoms in total. The number of hydrogen-bond acceptors (Lipinski definition) is 3. The zero-order valence-corrected chi connectivity index (χ0v) is 15.5. The summed E-state index contributed by atoms with van der Waals surface area (Å²) in [7, 11) is 0. The molecule has 1 aromatic carbocycles. The van der Waals surface area contributed by atoms with Gasteiger partial charge in [0.2, 0.25) is 5.91 Å². The van der Waals surface area contributed by atoms with E-state index in [4.69, 9.17) is 9.84 Å². The molecule has 2 atom stereocenters. The maximum Gasteiger partial charge on any atom is 0.226 e. The van der Waals surface area contributed by atoms with E-state index in [0.717, 1.165) is 32.4 Å². The molecule has 1 aliphatic heterocycles. The Bertz CT molecular complexity index is 561. The molecule has 0 radical (unpaired) electrons. The number of piperidine rings is 1. The highest BCUT2D eigenvalue weighted by molar-refractivity contribution is 5.83. The standard InChI is InChI=1S/C21H31NO3/c1-15(2)16-4-6-17(7-5-16)19-14-20(19)21(24)22-10-8-18(9-11-22)25-13-3-12-23/h4-7,15,18-20,23H,3,8-14H2,1-2H3. The Labute approximate surface area is 151 Å². The minimum atomic E-state index is 0.178. The van der Waals surface area contributed by atoms with Gasteiger partial charge in [0.25, 0.3) is 0 Å². The lowest BCUT2D eigenvalue weighted by Crippen LogP contribution is -2.41. The van der Waals surface area contributed by atoms with Crippen LogP contribution in [0.15, 0.2) is 24.3 Å². The van der Waals surface area contributed by atoms with Crippen LogP contribution in [0.4, 0.5) is 0 Å². The predicted molar refractivity (Wildman–Crippen MR) is 98.6 cm³/mol. The first-order valence-electron chi connectivity index (χ1n) is 9.71. The summed E-state index contributed by atoms with van der Waals surface area (Å²) in [6.45, 7) is 6.81. The Morgan fingerprint density at radius 2 is 1.92 bits per heavy atom. The van der Waals surface area contributed by atoms with Crippen LogP contribution < -0.4 is 0 Å². The van der Waals surface area contributed by atoms with Crippen LogP contribution in [0.3, 0.4) is 0 Å². The van der Waals surface area contributed by atoms with Crippen molar-refractivity contribution in [3.8, 4) is 0 Å². The maximum atomic E-state index is 12.7. The smallest absolute Gasteiger partial charge is 0.226 e. The number of amides is 1. The van der Waals surface area contributed by atoms with Gasteiger partial charge in [-0.05, 0) is 48.6 Å². The molecule has 2 aliphatic rings. The average molecular weight is 345 g/mol. The number of aliphatic hydroxyl groups is 1. The predicted octanol–water partition coefficient (Wildman–Crippen LogP) is 3.30. The summed E-state index contributed by atoms with van der Waals surface area (Å²) in [6, 6.07) is 8.81. The summed E-state index contributed by atoms with van der Waals surface area (Å²) in [5, 5.41) is 8.81. The van der Waals surface area contributed by atoms with Crippen LogP contribution in [0.1, 0.15) is 62.5 Å². The molecule has 0 spiro atoms. The van der Waals surface area contributed by atoms with E-state index in [1.165, 1.54) is 11.1 Å². The van der Waals surface area contributed by atoms with Gasteiger partial charge in [-0.2, -0.15) is 0 Å². The van der Waals surface area contributed by atoms with E-state index in [9.17, 15) is 4.79 Å². The first kappa shape index (κ1) is 18.4. The van der Waals surface area contributed by atoms with Crippen molar-refractivity contribution >= 4 is 5.91 Å². The van der Waals surface area contributed by atoms with Crippen LogP contribution in [-0.4, -0.2) is 48.3 Å². The second kappa shape index (κ2) is 8.33. The van der Waals surface area contributed by atoms with Gasteiger partial charge >= 0.3 is 0 Å². The molecule has 1 aliphatic carbocycles. The first-order valence-corrected chi connectivity index (χ1v) is 9.71. The van der Waals surface area contributed by atoms with Crippen molar-refractivity contribution in [1.82, 2.24) is 4.90 Å². The van der Waals surface area contributed by atoms with Crippen LogP contribution in [0.2, 0.25) is 0 Å². The fourth-order valence-electron chi connectivity index (χ4n) is 3.76. The van der Waals surface area contributed by atoms with Crippen LogP contribution >= 0.6 is 0 Å². The van der Waals surface area contributed by atoms with Gasteiger partial charge < -0.3 is 14.7 Å². The molecule has 1 saturated carbocycles. The van der Waals surface area contributed by atoms with Crippen molar-refractivity contribution in [3.63, 3.8) is 0 Å². The van der Waals surface area contributed by atoms with Gasteiger partial charge in [0.15, 0.2) is 0 Å². The topological polar surface area (TPSA) is 49.8 Å². The van der Waals surface area contributed by atoms with Crippen molar-refractivity contribution in [2.75, 3.05) is 26.3 Å². The Morgan fingerprint density at radius 1 is 1.24 bits per heavy atom. The molecule has 25 heavy (non-hydrogen) atoms. The number of carbonyl (C=O) groups excluding carboxylic acids is 1. The molecule has 1 aromatic rings. The second-order valence-electron chi connectivity index (χ2n) is 7.74. The van der Waals surface area contributed by atoms with Gasteiger partial charge in [0, 0.05) is 32.2 Å². The molecule has 1 N–H and O–H groups in total. The lowest BCUT2D eigenvalue weighted by Gasteiger charge is -2.32. The molecule has 4 heteroatoms. The van der Waals surface area contributed by atoms with E-state index in [-0.39, 0.29) is 18.6 Å². The Kier molecular flexibility index (Phi) is 6.13. The van der Waals surface area contributed by atoms with Crippen molar-refractivity contribution < 1.29 is 14.6 Å². The molecule has 1 amide bonds.